The lowest BCUT2D eigenvalue weighted by molar-refractivity contribution is -0.364. The molecule has 5 nitrogen and oxygen atoms in total. The summed E-state index contributed by atoms with van der Waals surface area (Å²) in [5, 5.41) is 14.1. The molecule has 0 aliphatic carbocycles. The summed E-state index contributed by atoms with van der Waals surface area (Å²) < 4.78 is 73.6. The van der Waals surface area contributed by atoms with Crippen molar-refractivity contribution in [1.29, 1.82) is 0 Å². The Morgan fingerprint density at radius 2 is 1.78 bits per heavy atom. The normalized spacial score (nSPS) is 20.2. The van der Waals surface area contributed by atoms with Crippen molar-refractivity contribution in [3.05, 3.63) is 64.1 Å². The summed E-state index contributed by atoms with van der Waals surface area (Å²) in [7, 11) is 0. The Labute approximate surface area is 189 Å². The SMILES string of the molecule is C[C@@H](Oc1ccc(Cl)cc1Cl)C(=O)N1N=C(c2ccccc2)C[C@@]1(O)C(F)(F)C(F)(F)F. The summed E-state index contributed by atoms with van der Waals surface area (Å²) in [5.74, 6) is -7.21. The maximum atomic E-state index is 14.4. The second-order valence-corrected chi connectivity index (χ2v) is 7.81. The van der Waals surface area contributed by atoms with Gasteiger partial charge in [-0.05, 0) is 30.7 Å². The molecule has 0 saturated heterocycles. The number of carbonyl (C=O) groups is 1. The van der Waals surface area contributed by atoms with Gasteiger partial charge in [0.2, 0.25) is 5.72 Å². The molecule has 1 aliphatic rings. The van der Waals surface area contributed by atoms with E-state index in [2.05, 4.69) is 5.10 Å². The Bertz CT molecular complexity index is 1050. The molecule has 3 rings (SSSR count). The number of halogens is 7. The van der Waals surface area contributed by atoms with Gasteiger partial charge in [0.1, 0.15) is 5.75 Å². The van der Waals surface area contributed by atoms with E-state index in [4.69, 9.17) is 27.9 Å². The van der Waals surface area contributed by atoms with Crippen molar-refractivity contribution in [3.63, 3.8) is 0 Å². The number of alkyl halides is 5. The van der Waals surface area contributed by atoms with Gasteiger partial charge in [0.15, 0.2) is 6.10 Å². The van der Waals surface area contributed by atoms with Crippen LogP contribution in [0.25, 0.3) is 0 Å². The minimum atomic E-state index is -6.16. The molecule has 2 aromatic carbocycles. The van der Waals surface area contributed by atoms with Gasteiger partial charge in [0.05, 0.1) is 10.7 Å². The van der Waals surface area contributed by atoms with Gasteiger partial charge in [-0.2, -0.15) is 32.1 Å². The third-order valence-corrected chi connectivity index (χ3v) is 5.24. The lowest BCUT2D eigenvalue weighted by Crippen LogP contribution is -2.65. The number of carbonyl (C=O) groups excluding carboxylic acids is 1. The van der Waals surface area contributed by atoms with Gasteiger partial charge in [0.25, 0.3) is 5.91 Å². The van der Waals surface area contributed by atoms with E-state index in [1.54, 1.807) is 6.07 Å². The maximum absolute atomic E-state index is 14.4. The third kappa shape index (κ3) is 4.26. The van der Waals surface area contributed by atoms with Crippen molar-refractivity contribution in [3.8, 4) is 5.75 Å². The van der Waals surface area contributed by atoms with Crippen molar-refractivity contribution < 1.29 is 36.6 Å². The van der Waals surface area contributed by atoms with Crippen molar-refractivity contribution in [2.45, 2.75) is 37.3 Å². The van der Waals surface area contributed by atoms with Crippen LogP contribution in [0.5, 0.6) is 5.75 Å². The van der Waals surface area contributed by atoms with E-state index in [1.165, 1.54) is 42.5 Å². The number of rotatable bonds is 5. The number of benzene rings is 2. The van der Waals surface area contributed by atoms with Crippen LogP contribution in [0.15, 0.2) is 53.6 Å². The molecule has 0 unspecified atom stereocenters. The van der Waals surface area contributed by atoms with E-state index in [0.717, 1.165) is 6.92 Å². The van der Waals surface area contributed by atoms with E-state index in [-0.39, 0.29) is 32.1 Å². The van der Waals surface area contributed by atoms with E-state index >= 15 is 0 Å². The van der Waals surface area contributed by atoms with Crippen LogP contribution in [0.2, 0.25) is 10.0 Å². The number of hydrazone groups is 1. The molecule has 0 aromatic heterocycles. The molecular weight excluding hydrogens is 482 g/mol. The zero-order valence-corrected chi connectivity index (χ0v) is 17.7. The molecule has 1 N–H and O–H groups in total. The average Bonchev–Trinajstić information content (AvgIpc) is 3.08. The highest BCUT2D eigenvalue weighted by Crippen LogP contribution is 2.49. The first-order chi connectivity index (χ1) is 14.8. The summed E-state index contributed by atoms with van der Waals surface area (Å²) in [4.78, 5) is 12.9. The average molecular weight is 497 g/mol. The van der Waals surface area contributed by atoms with Crippen LogP contribution in [0.1, 0.15) is 18.9 Å². The van der Waals surface area contributed by atoms with Gasteiger partial charge >= 0.3 is 12.1 Å². The molecule has 1 aliphatic heterocycles. The van der Waals surface area contributed by atoms with Gasteiger partial charge in [0, 0.05) is 11.4 Å². The Balaban J connectivity index is 1.99. The Morgan fingerprint density at radius 3 is 2.34 bits per heavy atom. The summed E-state index contributed by atoms with van der Waals surface area (Å²) >= 11 is 11.7. The topological polar surface area (TPSA) is 62.1 Å². The number of nitrogens with zero attached hydrogens (tertiary/aromatic N) is 2. The smallest absolute Gasteiger partial charge is 0.458 e. The lowest BCUT2D eigenvalue weighted by atomic mass is 9.95. The Kier molecular flexibility index (Phi) is 6.43. The molecule has 1 amide bonds. The van der Waals surface area contributed by atoms with Crippen LogP contribution in [0.3, 0.4) is 0 Å². The fraction of sp³-hybridized carbons (Fsp3) is 0.300. The van der Waals surface area contributed by atoms with Crippen LogP contribution >= 0.6 is 23.2 Å². The van der Waals surface area contributed by atoms with Crippen molar-refractivity contribution in [2.75, 3.05) is 0 Å². The zero-order valence-electron chi connectivity index (χ0n) is 16.2. The fourth-order valence-corrected chi connectivity index (χ4v) is 3.48. The predicted octanol–water partition coefficient (Wildman–Crippen LogP) is 5.28. The third-order valence-electron chi connectivity index (χ3n) is 4.71. The molecule has 12 heteroatoms. The minimum absolute atomic E-state index is 0.0251. The molecule has 0 spiro atoms. The first kappa shape index (κ1) is 24.2. The number of hydrogen-bond acceptors (Lipinski definition) is 4. The van der Waals surface area contributed by atoms with Crippen LogP contribution in [-0.2, 0) is 4.79 Å². The molecule has 0 radical (unpaired) electrons. The number of amides is 1. The number of aliphatic hydroxyl groups is 1. The number of ether oxygens (including phenoxy) is 1. The summed E-state index contributed by atoms with van der Waals surface area (Å²) in [6.45, 7) is 1.09. The highest BCUT2D eigenvalue weighted by atomic mass is 35.5. The van der Waals surface area contributed by atoms with E-state index < -0.39 is 36.3 Å². The van der Waals surface area contributed by atoms with Gasteiger partial charge in [-0.15, -0.1) is 0 Å². The van der Waals surface area contributed by atoms with Gasteiger partial charge in [-0.3, -0.25) is 4.79 Å². The summed E-state index contributed by atoms with van der Waals surface area (Å²) in [6, 6.07) is 11.3. The zero-order chi connectivity index (χ0) is 23.9. The molecule has 2 aromatic rings. The van der Waals surface area contributed by atoms with Gasteiger partial charge in [-0.1, -0.05) is 53.5 Å². The molecule has 0 fully saturated rings. The predicted molar refractivity (Wildman–Crippen MR) is 107 cm³/mol. The van der Waals surface area contributed by atoms with E-state index in [1.807, 2.05) is 0 Å². The standard InChI is InChI=1S/C20H15Cl2F5N2O3/c1-11(32-16-8-7-13(21)9-14(16)22)17(30)29-18(31,19(23,24)20(25,26)27)10-15(28-29)12-5-3-2-4-6-12/h2-9,11,31H,10H2,1H3/t11-,18-/m1/s1. The van der Waals surface area contributed by atoms with E-state index in [9.17, 15) is 31.9 Å². The monoisotopic (exact) mass is 496 g/mol. The van der Waals surface area contributed by atoms with Crippen molar-refractivity contribution in [2.24, 2.45) is 5.10 Å². The lowest BCUT2D eigenvalue weighted by Gasteiger charge is -2.38. The Hall–Kier alpha value is -2.43. The molecular formula is C20H15Cl2F5N2O3. The van der Waals surface area contributed by atoms with Crippen molar-refractivity contribution in [1.82, 2.24) is 5.01 Å². The molecule has 32 heavy (non-hydrogen) atoms. The quantitative estimate of drug-likeness (QED) is 0.572. The van der Waals surface area contributed by atoms with E-state index in [0.29, 0.717) is 0 Å². The summed E-state index contributed by atoms with van der Waals surface area (Å²) in [5.41, 5.74) is -4.18. The first-order valence-corrected chi connectivity index (χ1v) is 9.79. The maximum Gasteiger partial charge on any atom is 0.458 e. The van der Waals surface area contributed by atoms with Crippen molar-refractivity contribution >= 4 is 34.8 Å². The highest BCUT2D eigenvalue weighted by molar-refractivity contribution is 6.35. The molecule has 172 valence electrons. The minimum Gasteiger partial charge on any atom is -0.479 e. The molecule has 2 atom stereocenters. The van der Waals surface area contributed by atoms with Crippen LogP contribution in [-0.4, -0.2) is 45.7 Å². The number of hydrogen-bond donors (Lipinski definition) is 1. The molecule has 0 bridgehead atoms. The molecule has 0 saturated carbocycles. The second kappa shape index (κ2) is 8.49. The summed E-state index contributed by atoms with van der Waals surface area (Å²) in [6.07, 6.45) is -9.06. The Morgan fingerprint density at radius 1 is 1.16 bits per heavy atom. The first-order valence-electron chi connectivity index (χ1n) is 9.03. The largest absolute Gasteiger partial charge is 0.479 e. The van der Waals surface area contributed by atoms with Crippen LogP contribution < -0.4 is 4.74 Å². The van der Waals surface area contributed by atoms with Crippen LogP contribution in [0, 0.1) is 0 Å². The van der Waals surface area contributed by atoms with Gasteiger partial charge < -0.3 is 9.84 Å². The second-order valence-electron chi connectivity index (χ2n) is 6.96. The fourth-order valence-electron chi connectivity index (χ4n) is 3.02. The van der Waals surface area contributed by atoms with Gasteiger partial charge in [-0.25, -0.2) is 0 Å². The highest BCUT2D eigenvalue weighted by Gasteiger charge is 2.75. The molecule has 1 heterocycles. The van der Waals surface area contributed by atoms with Crippen LogP contribution in [0.4, 0.5) is 22.0 Å².